The number of ether oxygens (including phenoxy) is 1. The van der Waals surface area contributed by atoms with E-state index in [1.54, 1.807) is 12.3 Å². The zero-order valence-electron chi connectivity index (χ0n) is 20.4. The van der Waals surface area contributed by atoms with Crippen molar-refractivity contribution in [2.24, 2.45) is 5.16 Å². The minimum Gasteiger partial charge on any atom is -0.396 e. The first-order chi connectivity index (χ1) is 18.2. The van der Waals surface area contributed by atoms with Gasteiger partial charge in [-0.3, -0.25) is 9.58 Å². The average Bonchev–Trinajstić information content (AvgIpc) is 3.30. The monoisotopic (exact) mass is 504 g/mol. The van der Waals surface area contributed by atoms with Crippen LogP contribution in [0.5, 0.6) is 0 Å². The van der Waals surface area contributed by atoms with Crippen molar-refractivity contribution in [2.45, 2.75) is 13.0 Å². The predicted molar refractivity (Wildman–Crippen MR) is 140 cm³/mol. The van der Waals surface area contributed by atoms with Crippen LogP contribution >= 0.6 is 0 Å². The first-order valence-corrected chi connectivity index (χ1v) is 12.2. The van der Waals surface area contributed by atoms with E-state index in [9.17, 15) is 4.39 Å². The molecule has 5 rings (SSSR count). The van der Waals surface area contributed by atoms with E-state index in [1.165, 1.54) is 24.7 Å². The fraction of sp³-hybridized carbons (Fsp3) is 0.308. The van der Waals surface area contributed by atoms with Crippen molar-refractivity contribution < 1.29 is 14.0 Å². The van der Waals surface area contributed by atoms with Crippen LogP contribution in [0.3, 0.4) is 0 Å². The van der Waals surface area contributed by atoms with Crippen LogP contribution in [0.1, 0.15) is 17.5 Å². The largest absolute Gasteiger partial charge is 0.396 e. The number of hydrogen-bond donors (Lipinski definition) is 2. The summed E-state index contributed by atoms with van der Waals surface area (Å²) in [7, 11) is 0. The Morgan fingerprint density at radius 1 is 1.16 bits per heavy atom. The number of nitrogens with two attached hydrogens (primary N) is 1. The summed E-state index contributed by atoms with van der Waals surface area (Å²) >= 11 is 0. The van der Waals surface area contributed by atoms with Gasteiger partial charge in [-0.1, -0.05) is 17.3 Å². The summed E-state index contributed by atoms with van der Waals surface area (Å²) in [6.07, 6.45) is 5.58. The average molecular weight is 505 g/mol. The summed E-state index contributed by atoms with van der Waals surface area (Å²) in [5.74, 6) is 0.545. The van der Waals surface area contributed by atoms with Crippen LogP contribution < -0.4 is 11.1 Å². The highest BCUT2D eigenvalue weighted by atomic mass is 19.1. The lowest BCUT2D eigenvalue weighted by Crippen LogP contribution is -2.37. The number of morpholine rings is 1. The first kappa shape index (κ1) is 24.6. The van der Waals surface area contributed by atoms with Crippen molar-refractivity contribution in [3.05, 3.63) is 71.9 Å². The van der Waals surface area contributed by atoms with Crippen LogP contribution in [0.25, 0.3) is 10.9 Å². The summed E-state index contributed by atoms with van der Waals surface area (Å²) in [5, 5.41) is 12.8. The van der Waals surface area contributed by atoms with Gasteiger partial charge in [-0.2, -0.15) is 5.10 Å². The van der Waals surface area contributed by atoms with E-state index in [0.29, 0.717) is 30.4 Å². The maximum Gasteiger partial charge on any atom is 0.144 e. The molecule has 0 atom stereocenters. The van der Waals surface area contributed by atoms with Gasteiger partial charge in [0.1, 0.15) is 30.4 Å². The van der Waals surface area contributed by atoms with Gasteiger partial charge < -0.3 is 20.6 Å². The fourth-order valence-corrected chi connectivity index (χ4v) is 4.19. The number of oxime groups is 1. The molecule has 0 spiro atoms. The van der Waals surface area contributed by atoms with Gasteiger partial charge in [0.2, 0.25) is 0 Å². The minimum atomic E-state index is -0.262. The summed E-state index contributed by atoms with van der Waals surface area (Å²) in [5.41, 5.74) is 9.21. The SMILES string of the molecule is Nc1ncnc(Nc2ccc3c(cnn3Cc3cccc(F)c3)c2)c1/C=N/OCCCN1CCOCC1. The van der Waals surface area contributed by atoms with Crippen LogP contribution in [0.2, 0.25) is 0 Å². The number of benzene rings is 2. The van der Waals surface area contributed by atoms with Crippen LogP contribution in [0.15, 0.2) is 60.1 Å². The third-order valence-corrected chi connectivity index (χ3v) is 6.11. The minimum absolute atomic E-state index is 0.262. The van der Waals surface area contributed by atoms with E-state index in [0.717, 1.165) is 61.4 Å². The Kier molecular flexibility index (Phi) is 7.82. The van der Waals surface area contributed by atoms with Gasteiger partial charge in [-0.05, 0) is 42.3 Å². The quantitative estimate of drug-likeness (QED) is 0.192. The van der Waals surface area contributed by atoms with E-state index >= 15 is 0 Å². The molecular formula is C26H29FN8O2. The van der Waals surface area contributed by atoms with Crippen molar-refractivity contribution in [3.63, 3.8) is 0 Å². The number of nitrogen functional groups attached to an aromatic ring is 1. The van der Waals surface area contributed by atoms with E-state index in [-0.39, 0.29) is 5.82 Å². The van der Waals surface area contributed by atoms with Crippen molar-refractivity contribution >= 4 is 34.4 Å². The number of nitrogens with one attached hydrogen (secondary N) is 1. The van der Waals surface area contributed by atoms with Gasteiger partial charge in [0, 0.05) is 30.7 Å². The lowest BCUT2D eigenvalue weighted by atomic mass is 10.2. The third kappa shape index (κ3) is 6.38. The smallest absolute Gasteiger partial charge is 0.144 e. The van der Waals surface area contributed by atoms with Gasteiger partial charge >= 0.3 is 0 Å². The molecule has 0 unspecified atom stereocenters. The normalized spacial score (nSPS) is 14.4. The van der Waals surface area contributed by atoms with Crippen LogP contribution in [-0.2, 0) is 16.1 Å². The third-order valence-electron chi connectivity index (χ3n) is 6.11. The molecule has 0 amide bonds. The number of hydrogen-bond acceptors (Lipinski definition) is 9. The Labute approximate surface area is 213 Å². The first-order valence-electron chi connectivity index (χ1n) is 12.2. The summed E-state index contributed by atoms with van der Waals surface area (Å²) < 4.78 is 20.8. The Morgan fingerprint density at radius 2 is 2.05 bits per heavy atom. The Morgan fingerprint density at radius 3 is 2.92 bits per heavy atom. The topological polar surface area (TPSA) is 116 Å². The molecule has 2 aromatic carbocycles. The van der Waals surface area contributed by atoms with Crippen molar-refractivity contribution in [1.82, 2.24) is 24.6 Å². The molecule has 0 saturated carbocycles. The second kappa shape index (κ2) is 11.8. The molecule has 3 heterocycles. The van der Waals surface area contributed by atoms with E-state index in [2.05, 4.69) is 30.4 Å². The summed E-state index contributed by atoms with van der Waals surface area (Å²) in [6.45, 7) is 5.40. The molecule has 0 aliphatic carbocycles. The molecule has 1 fully saturated rings. The Bertz CT molecular complexity index is 1370. The zero-order valence-corrected chi connectivity index (χ0v) is 20.4. The zero-order chi connectivity index (χ0) is 25.5. The van der Waals surface area contributed by atoms with Gasteiger partial charge in [-0.25, -0.2) is 14.4 Å². The molecule has 2 aromatic heterocycles. The number of aromatic nitrogens is 4. The number of rotatable bonds is 10. The fourth-order valence-electron chi connectivity index (χ4n) is 4.19. The molecule has 0 radical (unpaired) electrons. The van der Waals surface area contributed by atoms with E-state index in [1.807, 2.05) is 28.9 Å². The lowest BCUT2D eigenvalue weighted by molar-refractivity contribution is 0.0323. The second-order valence-corrected chi connectivity index (χ2v) is 8.73. The molecule has 1 saturated heterocycles. The van der Waals surface area contributed by atoms with Crippen LogP contribution in [-0.4, -0.2) is 70.3 Å². The van der Waals surface area contributed by atoms with Crippen molar-refractivity contribution in [1.29, 1.82) is 0 Å². The Hall–Kier alpha value is -4.09. The van der Waals surface area contributed by atoms with Crippen LogP contribution in [0.4, 0.5) is 21.7 Å². The van der Waals surface area contributed by atoms with Gasteiger partial charge in [-0.15, -0.1) is 0 Å². The highest BCUT2D eigenvalue weighted by molar-refractivity contribution is 5.93. The highest BCUT2D eigenvalue weighted by Crippen LogP contribution is 2.24. The molecule has 0 bridgehead atoms. The number of fused-ring (bicyclic) bond motifs is 1. The molecule has 37 heavy (non-hydrogen) atoms. The van der Waals surface area contributed by atoms with Crippen molar-refractivity contribution in [2.75, 3.05) is 50.5 Å². The Balaban J connectivity index is 1.22. The van der Waals surface area contributed by atoms with E-state index < -0.39 is 0 Å². The van der Waals surface area contributed by atoms with Gasteiger partial charge in [0.25, 0.3) is 0 Å². The molecule has 4 aromatic rings. The molecule has 1 aliphatic rings. The molecular weight excluding hydrogens is 475 g/mol. The number of nitrogens with zero attached hydrogens (tertiary/aromatic N) is 6. The van der Waals surface area contributed by atoms with Crippen LogP contribution in [0, 0.1) is 5.82 Å². The summed E-state index contributed by atoms with van der Waals surface area (Å²) in [4.78, 5) is 16.2. The van der Waals surface area contributed by atoms with E-state index in [4.69, 9.17) is 15.3 Å². The molecule has 11 heteroatoms. The number of halogens is 1. The summed E-state index contributed by atoms with van der Waals surface area (Å²) in [6, 6.07) is 12.4. The van der Waals surface area contributed by atoms with Crippen molar-refractivity contribution in [3.8, 4) is 0 Å². The molecule has 3 N–H and O–H groups in total. The number of anilines is 3. The molecule has 192 valence electrons. The molecule has 1 aliphatic heterocycles. The van der Waals surface area contributed by atoms with Gasteiger partial charge in [0.05, 0.1) is 43.3 Å². The lowest BCUT2D eigenvalue weighted by Gasteiger charge is -2.26. The molecule has 10 nitrogen and oxygen atoms in total. The predicted octanol–water partition coefficient (Wildman–Crippen LogP) is 3.41. The maximum absolute atomic E-state index is 13.6. The highest BCUT2D eigenvalue weighted by Gasteiger charge is 2.11. The standard InChI is InChI=1S/C26H29FN8O2/c27-21-4-1-3-19(13-21)17-35-24-6-5-22(14-20(24)15-31-35)33-26-23(25(28)29-18-30-26)16-32-37-10-2-7-34-8-11-36-12-9-34/h1,3-6,13-16,18H,2,7-12,17H2,(H3,28,29,30,33)/b32-16+. The second-order valence-electron chi connectivity index (χ2n) is 8.73. The van der Waals surface area contributed by atoms with Gasteiger partial charge in [0.15, 0.2) is 0 Å². The maximum atomic E-state index is 13.6.